The first kappa shape index (κ1) is 63.6. The van der Waals surface area contributed by atoms with Crippen molar-refractivity contribution in [1.29, 1.82) is 0 Å². The van der Waals surface area contributed by atoms with Gasteiger partial charge in [-0.25, -0.2) is 40.1 Å². The molecule has 0 fully saturated rings. The molecule has 0 aliphatic heterocycles. The predicted molar refractivity (Wildman–Crippen MR) is 291 cm³/mol. The summed E-state index contributed by atoms with van der Waals surface area (Å²) in [5.41, 5.74) is 2.92. The first-order valence-electron chi connectivity index (χ1n) is 23.5. The Morgan fingerprint density at radius 3 is 1.31 bits per heavy atom. The number of fused-ring (bicyclic) bond motifs is 2. The van der Waals surface area contributed by atoms with Crippen LogP contribution in [-0.4, -0.2) is 53.7 Å². The molecular weight excluding hydrogens is 1270 g/mol. The molecule has 2 aromatic heterocycles. The Bertz CT molecular complexity index is 4510. The Labute approximate surface area is 493 Å². The Hall–Kier alpha value is -8.47. The fraction of sp³-hybridized carbons (Fsp3) is 0.0357. The summed E-state index contributed by atoms with van der Waals surface area (Å²) in [5.74, 6) is -27.7. The summed E-state index contributed by atoms with van der Waals surface area (Å²) >= 11 is 18.5. The van der Waals surface area contributed by atoms with Gasteiger partial charge in [0.05, 0.1) is 24.9 Å². The smallest absolute Gasteiger partial charge is 0.535 e. The third kappa shape index (κ3) is 13.2. The third-order valence-electron chi connectivity index (χ3n) is 12.0. The van der Waals surface area contributed by atoms with E-state index in [0.717, 1.165) is 24.3 Å². The van der Waals surface area contributed by atoms with Gasteiger partial charge in [0.25, 0.3) is 0 Å². The molecule has 10 rings (SSSR count). The maximum absolute atomic E-state index is 14.0. The summed E-state index contributed by atoms with van der Waals surface area (Å²) in [6.07, 6.45) is 2.62. The first-order valence-corrected chi connectivity index (χ1v) is 27.4. The van der Waals surface area contributed by atoms with Gasteiger partial charge in [-0.2, -0.15) is 34.4 Å². The molecular formula is C56H29BCl3F12N2O10S2. The molecule has 0 aliphatic carbocycles. The first-order chi connectivity index (χ1) is 40.7. The highest BCUT2D eigenvalue weighted by atomic mass is 35.5. The Balaban J connectivity index is 0.000000182. The number of benzene rings is 8. The monoisotopic (exact) mass is 1300 g/mol. The minimum atomic E-state index is -5.07. The number of pyridine rings is 2. The van der Waals surface area contributed by atoms with Gasteiger partial charge in [0.1, 0.15) is 38.1 Å². The van der Waals surface area contributed by atoms with Gasteiger partial charge in [-0.1, -0.05) is 65.1 Å². The number of hydrogen-bond donors (Lipinski definition) is 1. The van der Waals surface area contributed by atoms with Crippen LogP contribution in [0.3, 0.4) is 0 Å². The van der Waals surface area contributed by atoms with Gasteiger partial charge >= 0.3 is 27.9 Å². The van der Waals surface area contributed by atoms with Gasteiger partial charge in [0.2, 0.25) is 69.7 Å². The second-order valence-corrected chi connectivity index (χ2v) is 21.4. The number of methoxy groups -OCH3 is 2. The van der Waals surface area contributed by atoms with Crippen molar-refractivity contribution in [3.63, 3.8) is 0 Å². The van der Waals surface area contributed by atoms with Crippen LogP contribution in [0.2, 0.25) is 15.2 Å². The summed E-state index contributed by atoms with van der Waals surface area (Å²) in [5, 5.41) is 10.7. The lowest BCUT2D eigenvalue weighted by molar-refractivity contribution is 0.346. The number of nitrogens with zero attached hydrogens (tertiary/aromatic N) is 2. The summed E-state index contributed by atoms with van der Waals surface area (Å²) in [4.78, 5) is 6.91. The van der Waals surface area contributed by atoms with Crippen LogP contribution < -0.4 is 22.5 Å². The van der Waals surface area contributed by atoms with E-state index in [1.165, 1.54) is 87.3 Å². The van der Waals surface area contributed by atoms with E-state index in [-0.39, 0.29) is 27.1 Å². The summed E-state index contributed by atoms with van der Waals surface area (Å²) in [6, 6.07) is 27.6. The van der Waals surface area contributed by atoms with Crippen LogP contribution in [0.25, 0.3) is 55.1 Å². The molecule has 1 radical (unpaired) electrons. The molecule has 0 amide bonds. The number of hydrogen-bond acceptors (Lipinski definition) is 12. The normalized spacial score (nSPS) is 11.3. The van der Waals surface area contributed by atoms with E-state index in [0.29, 0.717) is 73.9 Å². The zero-order chi connectivity index (χ0) is 62.7. The van der Waals surface area contributed by atoms with Crippen molar-refractivity contribution in [3.05, 3.63) is 219 Å². The van der Waals surface area contributed by atoms with E-state index < -0.39 is 106 Å². The molecule has 1 N–H and O–H groups in total. The largest absolute Gasteiger partial charge is 0.569 e. The van der Waals surface area contributed by atoms with Crippen LogP contribution in [0, 0.1) is 69.8 Å². The molecule has 10 aromatic rings. The third-order valence-corrected chi connectivity index (χ3v) is 15.3. The van der Waals surface area contributed by atoms with Crippen molar-refractivity contribution in [2.75, 3.05) is 14.2 Å². The molecule has 0 unspecified atom stereocenters. The summed E-state index contributed by atoms with van der Waals surface area (Å²) in [7, 11) is -6.58. The van der Waals surface area contributed by atoms with Crippen molar-refractivity contribution in [2.45, 2.75) is 9.79 Å². The standard InChI is InChI=1S/C28H14ClF6NO4S.C15H5ClF5NO3S.C13H10BClFO3/c1-39-21-12-18(13-3-2-4-15(30)9-13)20(29)11-19(21)27-17-6-5-16(10-14(17)7-8-36-27)41(37,38)40-28-25(34)23(32)22(31)24(33)26(28)35;16-15-8-2-1-7(5-6(8)3-4-22-15)26(23,24)25-14-12(20)10(18)9(17)11(19)13(14)21;1-18-12-6-10(8-3-2-4-9(16)5-8)11(15)7-13(12)19-14-17/h2-12H,1H3;1-5H;2-7,17H,1H3. The lowest BCUT2D eigenvalue weighted by atomic mass is 9.98. The lowest BCUT2D eigenvalue weighted by Gasteiger charge is -2.15. The number of halogens is 15. The number of rotatable bonds is 13. The van der Waals surface area contributed by atoms with E-state index in [1.807, 2.05) is 0 Å². The quantitative estimate of drug-likeness (QED) is 0.0291. The van der Waals surface area contributed by atoms with E-state index >= 15 is 0 Å². The highest BCUT2D eigenvalue weighted by Gasteiger charge is 2.33. The van der Waals surface area contributed by atoms with E-state index in [4.69, 9.17) is 54.0 Å². The van der Waals surface area contributed by atoms with Crippen molar-refractivity contribution in [3.8, 4) is 62.3 Å². The highest BCUT2D eigenvalue weighted by Crippen LogP contribution is 2.43. The molecule has 0 saturated carbocycles. The molecule has 12 nitrogen and oxygen atoms in total. The molecule has 0 saturated heterocycles. The average Bonchev–Trinajstić information content (AvgIpc) is 1.76. The fourth-order valence-corrected chi connectivity index (χ4v) is 10.6. The van der Waals surface area contributed by atoms with Gasteiger partial charge in [-0.15, -0.1) is 0 Å². The molecule has 30 heteroatoms. The SMILES string of the molecule is COc1cc(-c2cccc(F)c2)c(Cl)cc1-c1nccc2cc(S(=O)(=O)Oc3c(F)c(F)c(F)c(F)c3F)ccc12.COc1cc(-c2cccc(F)c2)c(Cl)cc1O[B]O.O=S(=O)(Oc1c(F)c(F)c(F)c(F)c1F)c1ccc2c(Cl)nccc2c1. The minimum absolute atomic E-state index is 0.0760. The van der Waals surface area contributed by atoms with E-state index in [9.17, 15) is 69.5 Å². The van der Waals surface area contributed by atoms with E-state index in [1.54, 1.807) is 36.4 Å². The molecule has 443 valence electrons. The van der Waals surface area contributed by atoms with Crippen molar-refractivity contribution in [2.24, 2.45) is 0 Å². The fourth-order valence-electron chi connectivity index (χ4n) is 7.94. The van der Waals surface area contributed by atoms with Gasteiger partial charge < -0.3 is 27.5 Å². The Morgan fingerprint density at radius 2 is 0.860 bits per heavy atom. The van der Waals surface area contributed by atoms with Crippen molar-refractivity contribution >= 4 is 84.3 Å². The van der Waals surface area contributed by atoms with Crippen LogP contribution in [0.5, 0.6) is 28.7 Å². The molecule has 0 atom stereocenters. The molecule has 0 aliphatic rings. The van der Waals surface area contributed by atoms with Gasteiger partial charge in [0.15, 0.2) is 5.75 Å². The Morgan fingerprint density at radius 1 is 0.442 bits per heavy atom. The van der Waals surface area contributed by atoms with Gasteiger partial charge in [-0.3, -0.25) is 4.98 Å². The van der Waals surface area contributed by atoms with Crippen LogP contribution in [0.4, 0.5) is 52.7 Å². The zero-order valence-electron chi connectivity index (χ0n) is 42.8. The van der Waals surface area contributed by atoms with Crippen LogP contribution >= 0.6 is 34.8 Å². The van der Waals surface area contributed by atoms with Crippen LogP contribution in [0.1, 0.15) is 0 Å². The van der Waals surface area contributed by atoms with Crippen molar-refractivity contribution < 1.29 is 97.0 Å². The van der Waals surface area contributed by atoms with Crippen molar-refractivity contribution in [1.82, 2.24) is 9.97 Å². The zero-order valence-corrected chi connectivity index (χ0v) is 46.7. The molecule has 86 heavy (non-hydrogen) atoms. The second-order valence-electron chi connectivity index (χ2n) is 17.2. The highest BCUT2D eigenvalue weighted by molar-refractivity contribution is 7.87. The minimum Gasteiger partial charge on any atom is -0.535 e. The Kier molecular flexibility index (Phi) is 19.2. The second kappa shape index (κ2) is 26.0. The maximum atomic E-state index is 14.0. The molecule has 8 aromatic carbocycles. The molecule has 0 bridgehead atoms. The predicted octanol–water partition coefficient (Wildman–Crippen LogP) is 15.2. The van der Waals surface area contributed by atoms with Crippen LogP contribution in [-0.2, 0) is 20.2 Å². The van der Waals surface area contributed by atoms with Crippen LogP contribution in [0.15, 0.2) is 144 Å². The maximum Gasteiger partial charge on any atom is 0.569 e. The summed E-state index contributed by atoms with van der Waals surface area (Å²) < 4.78 is 236. The lowest BCUT2D eigenvalue weighted by Crippen LogP contribution is -2.14. The summed E-state index contributed by atoms with van der Waals surface area (Å²) in [6.45, 7) is 0. The molecule has 0 spiro atoms. The van der Waals surface area contributed by atoms with Gasteiger partial charge in [0, 0.05) is 50.9 Å². The van der Waals surface area contributed by atoms with E-state index in [2.05, 4.69) is 18.3 Å². The molecule has 2 heterocycles. The topological polar surface area (TPSA) is 160 Å². The average molecular weight is 1300 g/mol. The van der Waals surface area contributed by atoms with Gasteiger partial charge in [-0.05, 0) is 107 Å². The number of ether oxygens (including phenoxy) is 2. The number of aromatic nitrogens is 2.